The Balaban J connectivity index is 0.00000289. The highest BCUT2D eigenvalue weighted by Gasteiger charge is 2.22. The van der Waals surface area contributed by atoms with Crippen molar-refractivity contribution < 1.29 is 4.74 Å². The second kappa shape index (κ2) is 12.5. The van der Waals surface area contributed by atoms with Crippen LogP contribution in [0.3, 0.4) is 0 Å². The molecule has 7 heteroatoms. The Morgan fingerprint density at radius 3 is 2.44 bits per heavy atom. The van der Waals surface area contributed by atoms with E-state index in [9.17, 15) is 0 Å². The highest BCUT2D eigenvalue weighted by atomic mass is 127. The smallest absolute Gasteiger partial charge is 0.193 e. The number of imidazole rings is 1. The summed E-state index contributed by atoms with van der Waals surface area (Å²) in [4.78, 5) is 11.4. The molecule has 2 heterocycles. The third kappa shape index (κ3) is 6.72. The lowest BCUT2D eigenvalue weighted by Crippen LogP contribution is -2.48. The summed E-state index contributed by atoms with van der Waals surface area (Å²) in [5.74, 6) is 3.00. The average Bonchev–Trinajstić information content (AvgIpc) is 3.25. The normalized spacial score (nSPS) is 14.7. The van der Waals surface area contributed by atoms with Gasteiger partial charge in [0.1, 0.15) is 17.7 Å². The highest BCUT2D eigenvalue weighted by Crippen LogP contribution is 2.18. The summed E-state index contributed by atoms with van der Waals surface area (Å²) >= 11 is 0. The molecule has 4 rings (SSSR count). The van der Waals surface area contributed by atoms with Crippen LogP contribution in [0.4, 0.5) is 0 Å². The van der Waals surface area contributed by atoms with Gasteiger partial charge in [-0.3, -0.25) is 4.99 Å². The van der Waals surface area contributed by atoms with Crippen LogP contribution in [0.15, 0.2) is 78.0 Å². The van der Waals surface area contributed by atoms with Crippen LogP contribution in [0.2, 0.25) is 0 Å². The van der Waals surface area contributed by atoms with E-state index in [1.807, 2.05) is 49.6 Å². The van der Waals surface area contributed by atoms with Gasteiger partial charge in [0, 0.05) is 64.9 Å². The Kier molecular flexibility index (Phi) is 9.40. The van der Waals surface area contributed by atoms with Gasteiger partial charge in [-0.15, -0.1) is 24.0 Å². The zero-order valence-corrected chi connectivity index (χ0v) is 20.9. The third-order valence-electron chi connectivity index (χ3n) is 5.63. The molecule has 170 valence electrons. The molecule has 0 aliphatic carbocycles. The van der Waals surface area contributed by atoms with E-state index in [1.165, 1.54) is 5.56 Å². The Morgan fingerprint density at radius 2 is 1.75 bits per heavy atom. The van der Waals surface area contributed by atoms with Crippen molar-refractivity contribution in [2.24, 2.45) is 4.99 Å². The van der Waals surface area contributed by atoms with Gasteiger partial charge in [0.05, 0.1) is 0 Å². The summed E-state index contributed by atoms with van der Waals surface area (Å²) < 4.78 is 8.33. The standard InChI is InChI=1S/C25H31N5O.HI/c1-26-25(29-17-13-23(14-18-29)31-22-10-6-3-7-11-22)28-15-12-24-27-16-19-30(24)20-21-8-4-2-5-9-21;/h2-11,16,19,23H,12-15,17-18,20H2,1H3,(H,26,28);1H. The van der Waals surface area contributed by atoms with Crippen LogP contribution in [0, 0.1) is 0 Å². The molecule has 1 aromatic heterocycles. The van der Waals surface area contributed by atoms with Crippen molar-refractivity contribution in [3.05, 3.63) is 84.4 Å². The number of guanidine groups is 1. The van der Waals surface area contributed by atoms with Gasteiger partial charge in [-0.2, -0.15) is 0 Å². The molecule has 1 saturated heterocycles. The summed E-state index contributed by atoms with van der Waals surface area (Å²) in [5, 5.41) is 3.51. The van der Waals surface area contributed by atoms with Gasteiger partial charge in [0.15, 0.2) is 5.96 Å². The van der Waals surface area contributed by atoms with Crippen LogP contribution in [0.5, 0.6) is 5.75 Å². The van der Waals surface area contributed by atoms with E-state index >= 15 is 0 Å². The molecule has 0 radical (unpaired) electrons. The molecule has 6 nitrogen and oxygen atoms in total. The van der Waals surface area contributed by atoms with Gasteiger partial charge in [0.25, 0.3) is 0 Å². The van der Waals surface area contributed by atoms with E-state index in [4.69, 9.17) is 4.74 Å². The third-order valence-corrected chi connectivity index (χ3v) is 5.63. The van der Waals surface area contributed by atoms with Crippen molar-refractivity contribution in [2.75, 3.05) is 26.7 Å². The number of rotatable bonds is 7. The summed E-state index contributed by atoms with van der Waals surface area (Å²) in [6.45, 7) is 3.54. The molecule has 0 unspecified atom stereocenters. The van der Waals surface area contributed by atoms with Crippen molar-refractivity contribution in [1.29, 1.82) is 0 Å². The number of piperidine rings is 1. The fraction of sp³-hybridized carbons (Fsp3) is 0.360. The molecule has 0 saturated carbocycles. The molecule has 1 fully saturated rings. The molecular formula is C25H32IN5O. The van der Waals surface area contributed by atoms with Gasteiger partial charge in [0.2, 0.25) is 0 Å². The Hall–Kier alpha value is -2.55. The van der Waals surface area contributed by atoms with Gasteiger partial charge in [-0.1, -0.05) is 48.5 Å². The van der Waals surface area contributed by atoms with Crippen molar-refractivity contribution in [3.63, 3.8) is 0 Å². The Morgan fingerprint density at radius 1 is 1.06 bits per heavy atom. The minimum atomic E-state index is 0. The Bertz CT molecular complexity index is 953. The maximum atomic E-state index is 6.11. The van der Waals surface area contributed by atoms with Gasteiger partial charge >= 0.3 is 0 Å². The minimum absolute atomic E-state index is 0. The maximum Gasteiger partial charge on any atom is 0.193 e. The molecule has 0 atom stereocenters. The minimum Gasteiger partial charge on any atom is -0.490 e. The number of aromatic nitrogens is 2. The molecule has 0 amide bonds. The second-order valence-electron chi connectivity index (χ2n) is 7.80. The number of likely N-dealkylation sites (tertiary alicyclic amines) is 1. The number of ether oxygens (including phenoxy) is 1. The molecule has 0 spiro atoms. The molecule has 1 N–H and O–H groups in total. The highest BCUT2D eigenvalue weighted by molar-refractivity contribution is 14.0. The summed E-state index contributed by atoms with van der Waals surface area (Å²) in [6, 6.07) is 20.6. The first-order valence-electron chi connectivity index (χ1n) is 11.0. The molecule has 1 aliphatic rings. The Labute approximate surface area is 207 Å². The van der Waals surface area contributed by atoms with Crippen molar-refractivity contribution in [2.45, 2.75) is 31.9 Å². The van der Waals surface area contributed by atoms with Gasteiger partial charge in [-0.05, 0) is 17.7 Å². The molecule has 32 heavy (non-hydrogen) atoms. The van der Waals surface area contributed by atoms with Crippen molar-refractivity contribution in [3.8, 4) is 5.75 Å². The fourth-order valence-electron chi connectivity index (χ4n) is 3.99. The maximum absolute atomic E-state index is 6.11. The summed E-state index contributed by atoms with van der Waals surface area (Å²) in [6.07, 6.45) is 7.04. The lowest BCUT2D eigenvalue weighted by molar-refractivity contribution is 0.129. The molecule has 0 bridgehead atoms. The van der Waals surface area contributed by atoms with E-state index in [2.05, 4.69) is 55.2 Å². The number of aliphatic imine (C=N–C) groups is 1. The van der Waals surface area contributed by atoms with Crippen molar-refractivity contribution >= 4 is 29.9 Å². The lowest BCUT2D eigenvalue weighted by Gasteiger charge is -2.34. The molecule has 2 aromatic carbocycles. The lowest BCUT2D eigenvalue weighted by atomic mass is 10.1. The number of nitrogens with zero attached hydrogens (tertiary/aromatic N) is 4. The number of para-hydroxylation sites is 1. The van der Waals surface area contributed by atoms with Crippen LogP contribution in [0.1, 0.15) is 24.2 Å². The first kappa shape index (κ1) is 24.1. The number of hydrogen-bond acceptors (Lipinski definition) is 3. The first-order valence-corrected chi connectivity index (χ1v) is 11.0. The van der Waals surface area contributed by atoms with Crippen LogP contribution >= 0.6 is 24.0 Å². The first-order chi connectivity index (χ1) is 15.3. The molecular weight excluding hydrogens is 513 g/mol. The van der Waals surface area contributed by atoms with Crippen LogP contribution < -0.4 is 10.1 Å². The van der Waals surface area contributed by atoms with Crippen LogP contribution in [-0.4, -0.2) is 53.2 Å². The quantitative estimate of drug-likeness (QED) is 0.275. The van der Waals surface area contributed by atoms with Gasteiger partial charge in [-0.25, -0.2) is 4.98 Å². The summed E-state index contributed by atoms with van der Waals surface area (Å²) in [5.41, 5.74) is 1.28. The predicted octanol–water partition coefficient (Wildman–Crippen LogP) is 4.21. The zero-order chi connectivity index (χ0) is 21.3. The van der Waals surface area contributed by atoms with Gasteiger partial charge < -0.3 is 19.5 Å². The van der Waals surface area contributed by atoms with Crippen LogP contribution in [0.25, 0.3) is 0 Å². The van der Waals surface area contributed by atoms with E-state index in [1.54, 1.807) is 0 Å². The summed E-state index contributed by atoms with van der Waals surface area (Å²) in [7, 11) is 1.85. The van der Waals surface area contributed by atoms with Crippen LogP contribution in [-0.2, 0) is 13.0 Å². The average molecular weight is 545 g/mol. The van der Waals surface area contributed by atoms with E-state index in [0.717, 1.165) is 63.0 Å². The molecule has 3 aromatic rings. The largest absolute Gasteiger partial charge is 0.490 e. The molecule has 1 aliphatic heterocycles. The van der Waals surface area contributed by atoms with Crippen molar-refractivity contribution in [1.82, 2.24) is 19.8 Å². The number of halogens is 1. The zero-order valence-electron chi connectivity index (χ0n) is 18.6. The van der Waals surface area contributed by atoms with E-state index < -0.39 is 0 Å². The predicted molar refractivity (Wildman–Crippen MR) is 140 cm³/mol. The SMILES string of the molecule is CN=C(NCCc1nccn1Cc1ccccc1)N1CCC(Oc2ccccc2)CC1.I. The number of nitrogens with one attached hydrogen (secondary N) is 1. The monoisotopic (exact) mass is 545 g/mol. The topological polar surface area (TPSA) is 54.7 Å². The fourth-order valence-corrected chi connectivity index (χ4v) is 3.99. The van der Waals surface area contributed by atoms with E-state index in [-0.39, 0.29) is 30.1 Å². The van der Waals surface area contributed by atoms with E-state index in [0.29, 0.717) is 0 Å². The second-order valence-corrected chi connectivity index (χ2v) is 7.80. The number of hydrogen-bond donors (Lipinski definition) is 1. The number of benzene rings is 2.